The van der Waals surface area contributed by atoms with Crippen molar-refractivity contribution in [3.8, 4) is 0 Å². The van der Waals surface area contributed by atoms with Gasteiger partial charge in [-0.05, 0) is 0 Å². The molecule has 21 aliphatic rings. The van der Waals surface area contributed by atoms with Crippen molar-refractivity contribution in [1.29, 1.82) is 0 Å². The maximum Gasteiger partial charge on any atom is 0.187 e. The molecule has 21 heterocycles. The first-order chi connectivity index (χ1) is 36.2. The van der Waals surface area contributed by atoms with Crippen LogP contribution in [-0.2, 0) is 66.3 Å². The third-order valence-corrected chi connectivity index (χ3v) is 14.7. The molecule has 21 saturated heterocycles. The first kappa shape index (κ1) is 60.7. The van der Waals surface area contributed by atoms with Crippen LogP contribution in [0, 0.1) is 0 Å². The van der Waals surface area contributed by atoms with Gasteiger partial charge in [-0.15, -0.1) is 0 Å². The molecular weight excluding hydrogens is 1050 g/mol. The molecule has 14 bridgehead atoms. The number of rotatable bonds is 7. The number of aliphatic hydroxyl groups excluding tert-OH is 20. The predicted octanol–water partition coefficient (Wildman–Crippen LogP) is -14.2. The van der Waals surface area contributed by atoms with Crippen LogP contribution < -0.4 is 0 Å². The second-order valence-corrected chi connectivity index (χ2v) is 19.5. The molecule has 0 aromatic rings. The molecule has 0 saturated carbocycles. The van der Waals surface area contributed by atoms with E-state index in [0.29, 0.717) is 0 Å². The second-order valence-electron chi connectivity index (χ2n) is 19.5. The molecule has 0 aromatic carbocycles. The summed E-state index contributed by atoms with van der Waals surface area (Å²) >= 11 is 0. The van der Waals surface area contributed by atoms with E-state index in [-0.39, 0.29) is 0 Å². The van der Waals surface area contributed by atoms with E-state index in [0.717, 1.165) is 0 Å². The monoisotopic (exact) mass is 1120 g/mol. The van der Waals surface area contributed by atoms with Gasteiger partial charge in [0.2, 0.25) is 0 Å². The highest BCUT2D eigenvalue weighted by molar-refractivity contribution is 5.01. The SMILES string of the molecule is OCC1OC2OC3C(CO)OC(OC4C(CO)OC(OC5C(CO)OC(OC6C(CO)OC(OC7C(CO)OC(OC8C(CO)OC(OC1CC2O)C(O)C8O)C(O)C7O)C(O)C6O)C(O)C5O)C(O)C4O)C(O)C3O. The fraction of sp³-hybridized carbons (Fsp3) is 1.00. The Labute approximate surface area is 429 Å². The lowest BCUT2D eigenvalue weighted by atomic mass is 9.95. The molecule has 34 nitrogen and oxygen atoms in total. The average molecular weight is 1120 g/mol. The molecule has 21 rings (SSSR count). The largest absolute Gasteiger partial charge is 0.394 e. The van der Waals surface area contributed by atoms with Gasteiger partial charge < -0.3 is 168 Å². The smallest absolute Gasteiger partial charge is 0.187 e. The van der Waals surface area contributed by atoms with Gasteiger partial charge in [0, 0.05) is 6.42 Å². The highest BCUT2D eigenvalue weighted by Crippen LogP contribution is 2.38. The summed E-state index contributed by atoms with van der Waals surface area (Å²) in [6.45, 7) is -6.95. The Bertz CT molecular complexity index is 1780. The van der Waals surface area contributed by atoms with Crippen molar-refractivity contribution in [2.45, 2.75) is 215 Å². The van der Waals surface area contributed by atoms with Crippen LogP contribution >= 0.6 is 0 Å². The summed E-state index contributed by atoms with van der Waals surface area (Å²) in [6, 6.07) is 0. The number of hydrogen-bond acceptors (Lipinski definition) is 34. The van der Waals surface area contributed by atoms with E-state index in [1.807, 2.05) is 0 Å². The van der Waals surface area contributed by atoms with Crippen LogP contribution in [0.3, 0.4) is 0 Å². The van der Waals surface area contributed by atoms with Crippen molar-refractivity contribution in [3.63, 3.8) is 0 Å². The average Bonchev–Trinajstić information content (AvgIpc) is 3.42. The Morgan fingerprint density at radius 1 is 0.211 bits per heavy atom. The van der Waals surface area contributed by atoms with Crippen LogP contribution in [-0.4, -0.2) is 357 Å². The molecule has 21 fully saturated rings. The van der Waals surface area contributed by atoms with Gasteiger partial charge >= 0.3 is 0 Å². The lowest BCUT2D eigenvalue weighted by Gasteiger charge is -2.50. The zero-order chi connectivity index (χ0) is 55.2. The Morgan fingerprint density at radius 2 is 0.395 bits per heavy atom. The maximum atomic E-state index is 11.3. The minimum Gasteiger partial charge on any atom is -0.394 e. The Morgan fingerprint density at radius 3 is 0.605 bits per heavy atom. The topological polar surface area (TPSA) is 534 Å². The van der Waals surface area contributed by atoms with Crippen LogP contribution in [0.2, 0.25) is 0 Å². The van der Waals surface area contributed by atoms with E-state index < -0.39 is 262 Å². The van der Waals surface area contributed by atoms with Crippen molar-refractivity contribution in [3.05, 3.63) is 0 Å². The van der Waals surface area contributed by atoms with Crippen LogP contribution in [0.4, 0.5) is 0 Å². The molecule has 34 atom stereocenters. The summed E-state index contributed by atoms with van der Waals surface area (Å²) in [5, 5.41) is 219. The fourth-order valence-corrected chi connectivity index (χ4v) is 10.4. The van der Waals surface area contributed by atoms with E-state index in [2.05, 4.69) is 0 Å². The molecule has 0 amide bonds. The fourth-order valence-electron chi connectivity index (χ4n) is 10.4. The van der Waals surface area contributed by atoms with Crippen LogP contribution in [0.25, 0.3) is 0 Å². The van der Waals surface area contributed by atoms with Gasteiger partial charge in [-0.25, -0.2) is 0 Å². The van der Waals surface area contributed by atoms with Crippen molar-refractivity contribution in [2.24, 2.45) is 0 Å². The molecule has 20 N–H and O–H groups in total. The molecule has 442 valence electrons. The summed E-state index contributed by atoms with van der Waals surface area (Å²) in [4.78, 5) is 0. The third-order valence-electron chi connectivity index (χ3n) is 14.7. The standard InChI is InChI=1S/C42H70O34/c43-2-11-10-1-9(50)36(64-11)71-30-12(3-44)66-38(25(58)19(30)52)73-32-14(5-46)68-40(27(60)21(32)54)75-34-16(7-48)70-42(29(62)23(34)56)76-35-17(8-49)69-41(28(61)22(35)55)74-33-15(6-47)67-39(26(59)20(33)53)72-31-13(4-45)65-37(63-10)24(57)18(31)51/h9-62H,1-8H2. The molecule has 0 radical (unpaired) electrons. The van der Waals surface area contributed by atoms with Gasteiger partial charge in [0.15, 0.2) is 44.0 Å². The molecule has 76 heavy (non-hydrogen) atoms. The van der Waals surface area contributed by atoms with E-state index in [1.54, 1.807) is 0 Å². The van der Waals surface area contributed by atoms with E-state index in [4.69, 9.17) is 66.3 Å². The summed E-state index contributed by atoms with van der Waals surface area (Å²) in [5.74, 6) is 0. The summed E-state index contributed by atoms with van der Waals surface area (Å²) < 4.78 is 80.0. The molecule has 0 aromatic heterocycles. The van der Waals surface area contributed by atoms with Gasteiger partial charge in [0.1, 0.15) is 159 Å². The quantitative estimate of drug-likeness (QED) is 0.113. The van der Waals surface area contributed by atoms with Gasteiger partial charge in [-0.3, -0.25) is 0 Å². The highest BCUT2D eigenvalue weighted by Gasteiger charge is 2.59. The lowest BCUT2D eigenvalue weighted by molar-refractivity contribution is -0.396. The molecule has 0 spiro atoms. The Kier molecular flexibility index (Phi) is 20.6. The summed E-state index contributed by atoms with van der Waals surface area (Å²) in [5.41, 5.74) is 0. The van der Waals surface area contributed by atoms with Crippen molar-refractivity contribution < 1.29 is 168 Å². The normalized spacial score (nSPS) is 54.9. The molecule has 0 aliphatic carbocycles. The van der Waals surface area contributed by atoms with Crippen LogP contribution in [0.5, 0.6) is 0 Å². The second kappa shape index (κ2) is 25.8. The van der Waals surface area contributed by atoms with Crippen molar-refractivity contribution in [2.75, 3.05) is 46.2 Å². The van der Waals surface area contributed by atoms with E-state index in [9.17, 15) is 102 Å². The van der Waals surface area contributed by atoms with Crippen LogP contribution in [0.15, 0.2) is 0 Å². The van der Waals surface area contributed by atoms with Gasteiger partial charge in [0.25, 0.3) is 0 Å². The third kappa shape index (κ3) is 11.9. The van der Waals surface area contributed by atoms with Gasteiger partial charge in [-0.1, -0.05) is 0 Å². The molecule has 34 heteroatoms. The highest BCUT2D eigenvalue weighted by atomic mass is 16.8. The molecule has 34 unspecified atom stereocenters. The zero-order valence-electron chi connectivity index (χ0n) is 39.9. The first-order valence-electron chi connectivity index (χ1n) is 24.5. The Hall–Kier alpha value is -1.36. The Balaban J connectivity index is 1.07. The lowest BCUT2D eigenvalue weighted by Crippen LogP contribution is -2.68. The first-order valence-corrected chi connectivity index (χ1v) is 24.5. The van der Waals surface area contributed by atoms with Crippen molar-refractivity contribution >= 4 is 0 Å². The van der Waals surface area contributed by atoms with Gasteiger partial charge in [0.05, 0.1) is 52.4 Å². The minimum absolute atomic E-state index is 0.504. The van der Waals surface area contributed by atoms with E-state index >= 15 is 0 Å². The summed E-state index contributed by atoms with van der Waals surface area (Å²) in [7, 11) is 0. The predicted molar refractivity (Wildman–Crippen MR) is 227 cm³/mol. The molecular formula is C42H70O34. The van der Waals surface area contributed by atoms with Gasteiger partial charge in [-0.2, -0.15) is 0 Å². The number of ether oxygens (including phenoxy) is 14. The number of hydrogen-bond donors (Lipinski definition) is 20. The minimum atomic E-state index is -2.19. The van der Waals surface area contributed by atoms with E-state index in [1.165, 1.54) is 0 Å². The van der Waals surface area contributed by atoms with Crippen molar-refractivity contribution in [1.82, 2.24) is 0 Å². The zero-order valence-corrected chi connectivity index (χ0v) is 39.9. The summed E-state index contributed by atoms with van der Waals surface area (Å²) in [6.07, 6.45) is -65.6. The maximum absolute atomic E-state index is 11.3. The molecule has 21 aliphatic heterocycles. The van der Waals surface area contributed by atoms with Crippen LogP contribution in [0.1, 0.15) is 6.42 Å². The number of aliphatic hydroxyl groups is 20.